The summed E-state index contributed by atoms with van der Waals surface area (Å²) in [6.45, 7) is 1.25. The summed E-state index contributed by atoms with van der Waals surface area (Å²) in [5, 5.41) is 17.6. The Hall–Kier alpha value is -0.160. The summed E-state index contributed by atoms with van der Waals surface area (Å²) in [7, 11) is 0. The van der Waals surface area contributed by atoms with Crippen LogP contribution in [0.25, 0.3) is 0 Å². The molecule has 0 aromatic rings. The molecule has 0 aliphatic heterocycles. The van der Waals surface area contributed by atoms with Crippen LogP contribution in [0.5, 0.6) is 0 Å². The first-order chi connectivity index (χ1) is 9.83. The number of hydrogen-bond acceptors (Lipinski definition) is 4. The molecular formula is C16H30O4. The first kappa shape index (κ1) is 16.2. The predicted octanol–water partition coefficient (Wildman–Crippen LogP) is 2.12. The van der Waals surface area contributed by atoms with E-state index in [0.717, 1.165) is 37.5 Å². The summed E-state index contributed by atoms with van der Waals surface area (Å²) < 4.78 is 11.3. The summed E-state index contributed by atoms with van der Waals surface area (Å²) >= 11 is 0. The van der Waals surface area contributed by atoms with Gasteiger partial charge in [-0.05, 0) is 63.2 Å². The number of rotatable bonds is 7. The Bertz CT molecular complexity index is 217. The van der Waals surface area contributed by atoms with E-state index in [9.17, 15) is 0 Å². The average Bonchev–Trinajstić information content (AvgIpc) is 2.52. The molecule has 2 aliphatic carbocycles. The molecule has 0 atom stereocenters. The lowest BCUT2D eigenvalue weighted by molar-refractivity contribution is -0.0233. The number of ether oxygens (including phenoxy) is 2. The van der Waals surface area contributed by atoms with Crippen LogP contribution >= 0.6 is 0 Å². The van der Waals surface area contributed by atoms with Crippen molar-refractivity contribution in [3.63, 3.8) is 0 Å². The van der Waals surface area contributed by atoms with Crippen LogP contribution < -0.4 is 0 Å². The van der Waals surface area contributed by atoms with E-state index in [-0.39, 0.29) is 13.2 Å². The maximum Gasteiger partial charge on any atom is 0.0701 e. The lowest BCUT2D eigenvalue weighted by atomic mass is 9.72. The zero-order chi connectivity index (χ0) is 14.2. The number of hydrogen-bond donors (Lipinski definition) is 2. The summed E-state index contributed by atoms with van der Waals surface area (Å²) in [5.41, 5.74) is 0. The molecule has 0 unspecified atom stereocenters. The van der Waals surface area contributed by atoms with Gasteiger partial charge < -0.3 is 19.7 Å². The van der Waals surface area contributed by atoms with Gasteiger partial charge in [0.05, 0.1) is 38.6 Å². The van der Waals surface area contributed by atoms with Crippen LogP contribution in [0.2, 0.25) is 0 Å². The SMILES string of the molecule is OCCOC1CCC(C2CCC(OCCO)CC2)CC1. The fraction of sp³-hybridized carbons (Fsp3) is 1.00. The zero-order valence-electron chi connectivity index (χ0n) is 12.5. The third-order valence-corrected chi connectivity index (χ3v) is 4.99. The molecule has 2 aliphatic rings. The Kier molecular flexibility index (Phi) is 7.28. The van der Waals surface area contributed by atoms with E-state index >= 15 is 0 Å². The molecule has 118 valence electrons. The standard InChI is InChI=1S/C16H30O4/c17-9-11-19-15-5-1-13(2-6-15)14-3-7-16(8-4-14)20-12-10-18/h13-18H,1-12H2. The maximum absolute atomic E-state index is 8.79. The van der Waals surface area contributed by atoms with Gasteiger partial charge in [-0.25, -0.2) is 0 Å². The van der Waals surface area contributed by atoms with E-state index < -0.39 is 0 Å². The minimum Gasteiger partial charge on any atom is -0.394 e. The quantitative estimate of drug-likeness (QED) is 0.752. The van der Waals surface area contributed by atoms with E-state index in [1.807, 2.05) is 0 Å². The highest BCUT2D eigenvalue weighted by molar-refractivity contribution is 4.82. The van der Waals surface area contributed by atoms with Crippen LogP contribution in [-0.4, -0.2) is 48.8 Å². The summed E-state index contributed by atoms with van der Waals surface area (Å²) in [5.74, 6) is 1.73. The lowest BCUT2D eigenvalue weighted by Gasteiger charge is -2.37. The van der Waals surface area contributed by atoms with Crippen molar-refractivity contribution in [1.29, 1.82) is 0 Å². The minimum absolute atomic E-state index is 0.137. The van der Waals surface area contributed by atoms with Gasteiger partial charge in [-0.15, -0.1) is 0 Å². The van der Waals surface area contributed by atoms with Crippen molar-refractivity contribution < 1.29 is 19.7 Å². The van der Waals surface area contributed by atoms with Gasteiger partial charge in [0, 0.05) is 0 Å². The van der Waals surface area contributed by atoms with Crippen LogP contribution in [-0.2, 0) is 9.47 Å². The predicted molar refractivity (Wildman–Crippen MR) is 77.6 cm³/mol. The van der Waals surface area contributed by atoms with Gasteiger partial charge in [-0.3, -0.25) is 0 Å². The molecule has 2 saturated carbocycles. The van der Waals surface area contributed by atoms with Crippen molar-refractivity contribution in [2.75, 3.05) is 26.4 Å². The Morgan fingerprint density at radius 1 is 0.600 bits per heavy atom. The van der Waals surface area contributed by atoms with Crippen molar-refractivity contribution in [3.8, 4) is 0 Å². The van der Waals surface area contributed by atoms with Crippen LogP contribution in [0.4, 0.5) is 0 Å². The maximum atomic E-state index is 8.79. The largest absolute Gasteiger partial charge is 0.394 e. The van der Waals surface area contributed by atoms with E-state index in [0.29, 0.717) is 25.4 Å². The summed E-state index contributed by atoms with van der Waals surface area (Å²) in [6, 6.07) is 0. The van der Waals surface area contributed by atoms with E-state index in [4.69, 9.17) is 19.7 Å². The van der Waals surface area contributed by atoms with Gasteiger partial charge >= 0.3 is 0 Å². The van der Waals surface area contributed by atoms with Gasteiger partial charge in [0.2, 0.25) is 0 Å². The van der Waals surface area contributed by atoms with Gasteiger partial charge in [-0.1, -0.05) is 0 Å². The molecule has 2 fully saturated rings. The lowest BCUT2D eigenvalue weighted by Crippen LogP contribution is -2.31. The first-order valence-corrected chi connectivity index (χ1v) is 8.28. The smallest absolute Gasteiger partial charge is 0.0701 e. The average molecular weight is 286 g/mol. The second kappa shape index (κ2) is 8.98. The second-order valence-corrected chi connectivity index (χ2v) is 6.26. The molecule has 2 rings (SSSR count). The molecule has 0 saturated heterocycles. The first-order valence-electron chi connectivity index (χ1n) is 8.28. The highest BCUT2D eigenvalue weighted by Crippen LogP contribution is 2.39. The molecule has 0 spiro atoms. The van der Waals surface area contributed by atoms with Gasteiger partial charge in [0.25, 0.3) is 0 Å². The third-order valence-electron chi connectivity index (χ3n) is 4.99. The number of aliphatic hydroxyl groups excluding tert-OH is 2. The Morgan fingerprint density at radius 3 is 1.25 bits per heavy atom. The second-order valence-electron chi connectivity index (χ2n) is 6.26. The molecule has 0 radical (unpaired) electrons. The van der Waals surface area contributed by atoms with Crippen LogP contribution in [0.15, 0.2) is 0 Å². The Balaban J connectivity index is 1.63. The molecule has 0 aromatic carbocycles. The number of aliphatic hydroxyl groups is 2. The van der Waals surface area contributed by atoms with Gasteiger partial charge in [0.1, 0.15) is 0 Å². The fourth-order valence-corrected chi connectivity index (χ4v) is 3.89. The Labute approximate surface area is 122 Å². The van der Waals surface area contributed by atoms with Gasteiger partial charge in [-0.2, -0.15) is 0 Å². The molecule has 0 amide bonds. The molecule has 0 heterocycles. The zero-order valence-corrected chi connectivity index (χ0v) is 12.5. The van der Waals surface area contributed by atoms with Crippen LogP contribution in [0.3, 0.4) is 0 Å². The molecule has 2 N–H and O–H groups in total. The van der Waals surface area contributed by atoms with Gasteiger partial charge in [0.15, 0.2) is 0 Å². The fourth-order valence-electron chi connectivity index (χ4n) is 3.89. The van der Waals surface area contributed by atoms with Crippen molar-refractivity contribution in [2.24, 2.45) is 11.8 Å². The highest BCUT2D eigenvalue weighted by atomic mass is 16.5. The minimum atomic E-state index is 0.137. The van der Waals surface area contributed by atoms with Crippen LogP contribution in [0.1, 0.15) is 51.4 Å². The third kappa shape index (κ3) is 4.99. The molecule has 20 heavy (non-hydrogen) atoms. The summed E-state index contributed by atoms with van der Waals surface area (Å²) in [6.07, 6.45) is 10.5. The van der Waals surface area contributed by atoms with Crippen LogP contribution in [0, 0.1) is 11.8 Å². The monoisotopic (exact) mass is 286 g/mol. The Morgan fingerprint density at radius 2 is 0.950 bits per heavy atom. The summed E-state index contributed by atoms with van der Waals surface area (Å²) in [4.78, 5) is 0. The van der Waals surface area contributed by atoms with Crippen molar-refractivity contribution in [1.82, 2.24) is 0 Å². The molecular weight excluding hydrogens is 256 g/mol. The van der Waals surface area contributed by atoms with E-state index in [1.165, 1.54) is 25.7 Å². The van der Waals surface area contributed by atoms with Crippen molar-refractivity contribution in [2.45, 2.75) is 63.6 Å². The normalized spacial score (nSPS) is 35.1. The van der Waals surface area contributed by atoms with E-state index in [2.05, 4.69) is 0 Å². The molecule has 4 heteroatoms. The van der Waals surface area contributed by atoms with Crippen molar-refractivity contribution >= 4 is 0 Å². The molecule has 0 bridgehead atoms. The highest BCUT2D eigenvalue weighted by Gasteiger charge is 2.31. The van der Waals surface area contributed by atoms with Crippen molar-refractivity contribution in [3.05, 3.63) is 0 Å². The molecule has 4 nitrogen and oxygen atoms in total. The topological polar surface area (TPSA) is 58.9 Å². The molecule has 0 aromatic heterocycles. The van der Waals surface area contributed by atoms with E-state index in [1.54, 1.807) is 0 Å².